The van der Waals surface area contributed by atoms with Gasteiger partial charge in [-0.05, 0) is 18.1 Å². The van der Waals surface area contributed by atoms with Gasteiger partial charge < -0.3 is 14.6 Å². The molecule has 26 heavy (non-hydrogen) atoms. The van der Waals surface area contributed by atoms with Gasteiger partial charge in [-0.3, -0.25) is 0 Å². The molecule has 3 rings (SSSR count). The summed E-state index contributed by atoms with van der Waals surface area (Å²) < 4.78 is 28.3. The highest BCUT2D eigenvalue weighted by atomic mass is 32.2. The predicted molar refractivity (Wildman–Crippen MR) is 97.7 cm³/mol. The molecule has 0 radical (unpaired) electrons. The summed E-state index contributed by atoms with van der Waals surface area (Å²) >= 11 is 0. The second kappa shape index (κ2) is 7.61. The molecule has 1 aliphatic rings. The van der Waals surface area contributed by atoms with Crippen molar-refractivity contribution in [2.24, 2.45) is 7.05 Å². The van der Waals surface area contributed by atoms with E-state index in [2.05, 4.69) is 17.0 Å². The molecule has 0 amide bonds. The lowest BCUT2D eigenvalue weighted by Crippen LogP contribution is -2.48. The van der Waals surface area contributed by atoms with Gasteiger partial charge in [-0.1, -0.05) is 30.3 Å². The maximum atomic E-state index is 12.8. The third-order valence-electron chi connectivity index (χ3n) is 4.73. The molecular formula is C18H23N3O4S. The summed E-state index contributed by atoms with van der Waals surface area (Å²) in [7, 11) is -2.13. The molecule has 7 nitrogen and oxygen atoms in total. The number of carbonyl (C=O) groups is 1. The summed E-state index contributed by atoms with van der Waals surface area (Å²) in [6.07, 6.45) is 2.30. The van der Waals surface area contributed by atoms with Crippen LogP contribution in [0.3, 0.4) is 0 Å². The van der Waals surface area contributed by atoms with Gasteiger partial charge >= 0.3 is 5.97 Å². The molecule has 0 aliphatic carbocycles. The van der Waals surface area contributed by atoms with Gasteiger partial charge in [0.15, 0.2) is 0 Å². The number of piperazine rings is 1. The molecule has 8 heteroatoms. The van der Waals surface area contributed by atoms with E-state index < -0.39 is 16.0 Å². The van der Waals surface area contributed by atoms with Gasteiger partial charge in [0.1, 0.15) is 10.6 Å². The largest absolute Gasteiger partial charge is 0.477 e. The number of carboxylic acids is 1. The van der Waals surface area contributed by atoms with E-state index in [9.17, 15) is 13.2 Å². The average molecular weight is 377 g/mol. The Hall–Kier alpha value is -2.16. The van der Waals surface area contributed by atoms with Crippen LogP contribution in [0, 0.1) is 0 Å². The Morgan fingerprint density at radius 3 is 2.35 bits per heavy atom. The van der Waals surface area contributed by atoms with Crippen LogP contribution in [0.4, 0.5) is 0 Å². The minimum absolute atomic E-state index is 0.0370. The first kappa shape index (κ1) is 18.6. The molecule has 0 saturated carbocycles. The standard InChI is InChI=1S/C18H23N3O4S/c1-19-14-16(13-17(19)18(22)23)26(24,25)21-11-9-20(10-12-21)8-7-15-5-3-2-4-6-15/h2-6,13-14H,7-12H2,1H3,(H,22,23). The van der Waals surface area contributed by atoms with Gasteiger partial charge in [0, 0.05) is 46.0 Å². The molecule has 2 heterocycles. The molecule has 2 aromatic rings. The Morgan fingerprint density at radius 2 is 1.77 bits per heavy atom. The van der Waals surface area contributed by atoms with Crippen LogP contribution < -0.4 is 0 Å². The van der Waals surface area contributed by atoms with E-state index in [1.54, 1.807) is 0 Å². The van der Waals surface area contributed by atoms with Crippen LogP contribution in [0.25, 0.3) is 0 Å². The molecule has 140 valence electrons. The van der Waals surface area contributed by atoms with E-state index in [1.165, 1.54) is 33.7 Å². The molecule has 0 atom stereocenters. The summed E-state index contributed by atoms with van der Waals surface area (Å²) in [5, 5.41) is 9.11. The zero-order valence-electron chi connectivity index (χ0n) is 14.7. The number of benzene rings is 1. The van der Waals surface area contributed by atoms with Crippen LogP contribution in [0.5, 0.6) is 0 Å². The first-order valence-electron chi connectivity index (χ1n) is 8.54. The van der Waals surface area contributed by atoms with E-state index in [0.717, 1.165) is 13.0 Å². The highest BCUT2D eigenvalue weighted by Crippen LogP contribution is 2.20. The van der Waals surface area contributed by atoms with Crippen molar-refractivity contribution in [1.82, 2.24) is 13.8 Å². The SMILES string of the molecule is Cn1cc(S(=O)(=O)N2CCN(CCc3ccccc3)CC2)cc1C(=O)O. The van der Waals surface area contributed by atoms with Crippen molar-refractivity contribution in [3.63, 3.8) is 0 Å². The lowest BCUT2D eigenvalue weighted by molar-refractivity contribution is 0.0686. The zero-order valence-corrected chi connectivity index (χ0v) is 15.5. The Balaban J connectivity index is 1.60. The number of rotatable bonds is 6. The van der Waals surface area contributed by atoms with Gasteiger partial charge in [0.25, 0.3) is 0 Å². The second-order valence-electron chi connectivity index (χ2n) is 6.46. The highest BCUT2D eigenvalue weighted by Gasteiger charge is 2.30. The quantitative estimate of drug-likeness (QED) is 0.820. The molecule has 1 aromatic heterocycles. The molecule has 1 saturated heterocycles. The molecule has 1 aromatic carbocycles. The second-order valence-corrected chi connectivity index (χ2v) is 8.40. The lowest BCUT2D eigenvalue weighted by atomic mass is 10.1. The van der Waals surface area contributed by atoms with Crippen LogP contribution in [0.15, 0.2) is 47.5 Å². The van der Waals surface area contributed by atoms with Crippen LogP contribution in [-0.2, 0) is 23.5 Å². The van der Waals surface area contributed by atoms with Crippen molar-refractivity contribution < 1.29 is 18.3 Å². The number of hydrogen-bond acceptors (Lipinski definition) is 4. The smallest absolute Gasteiger partial charge is 0.352 e. The monoisotopic (exact) mass is 377 g/mol. The van der Waals surface area contributed by atoms with Gasteiger partial charge in [0.05, 0.1) is 0 Å². The topological polar surface area (TPSA) is 82.9 Å². The molecular weight excluding hydrogens is 354 g/mol. The summed E-state index contributed by atoms with van der Waals surface area (Å²) in [6, 6.07) is 11.4. The van der Waals surface area contributed by atoms with Crippen molar-refractivity contribution in [2.75, 3.05) is 32.7 Å². The number of nitrogens with zero attached hydrogens (tertiary/aromatic N) is 3. The Morgan fingerprint density at radius 1 is 1.12 bits per heavy atom. The average Bonchev–Trinajstić information content (AvgIpc) is 3.04. The zero-order chi connectivity index (χ0) is 18.7. The number of hydrogen-bond donors (Lipinski definition) is 1. The molecule has 1 aliphatic heterocycles. The highest BCUT2D eigenvalue weighted by molar-refractivity contribution is 7.89. The molecule has 1 N–H and O–H groups in total. The number of aryl methyl sites for hydroxylation is 1. The maximum absolute atomic E-state index is 12.8. The third kappa shape index (κ3) is 3.98. The summed E-state index contributed by atoms with van der Waals surface area (Å²) in [5.41, 5.74) is 1.23. The molecule has 0 unspecified atom stereocenters. The van der Waals surface area contributed by atoms with Crippen LogP contribution in [0.2, 0.25) is 0 Å². The summed E-state index contributed by atoms with van der Waals surface area (Å²) in [4.78, 5) is 13.4. The Labute approximate surface area is 153 Å². The van der Waals surface area contributed by atoms with Crippen LogP contribution >= 0.6 is 0 Å². The van der Waals surface area contributed by atoms with E-state index in [-0.39, 0.29) is 10.6 Å². The predicted octanol–water partition coefficient (Wildman–Crippen LogP) is 1.27. The fraction of sp³-hybridized carbons (Fsp3) is 0.389. The number of aromatic nitrogens is 1. The van der Waals surface area contributed by atoms with Crippen LogP contribution in [-0.4, -0.2) is 66.0 Å². The van der Waals surface area contributed by atoms with Crippen molar-refractivity contribution in [2.45, 2.75) is 11.3 Å². The van der Waals surface area contributed by atoms with Gasteiger partial charge in [0.2, 0.25) is 10.0 Å². The van der Waals surface area contributed by atoms with Crippen molar-refractivity contribution in [3.8, 4) is 0 Å². The number of carboxylic acid groups (broad SMARTS) is 1. The fourth-order valence-corrected chi connectivity index (χ4v) is 4.66. The van der Waals surface area contributed by atoms with E-state index >= 15 is 0 Å². The van der Waals surface area contributed by atoms with Gasteiger partial charge in [-0.25, -0.2) is 13.2 Å². The minimum atomic E-state index is -3.67. The number of sulfonamides is 1. The molecule has 0 spiro atoms. The minimum Gasteiger partial charge on any atom is -0.477 e. The van der Waals surface area contributed by atoms with Crippen molar-refractivity contribution in [3.05, 3.63) is 53.9 Å². The molecule has 0 bridgehead atoms. The summed E-state index contributed by atoms with van der Waals surface area (Å²) in [5.74, 6) is -1.14. The van der Waals surface area contributed by atoms with E-state index in [0.29, 0.717) is 26.2 Å². The van der Waals surface area contributed by atoms with Gasteiger partial charge in [-0.2, -0.15) is 4.31 Å². The maximum Gasteiger partial charge on any atom is 0.352 e. The normalized spacial score (nSPS) is 16.7. The van der Waals surface area contributed by atoms with Crippen molar-refractivity contribution >= 4 is 16.0 Å². The Bertz CT molecular complexity index is 869. The lowest BCUT2D eigenvalue weighted by Gasteiger charge is -2.33. The fourth-order valence-electron chi connectivity index (χ4n) is 3.16. The Kier molecular flexibility index (Phi) is 5.45. The van der Waals surface area contributed by atoms with Crippen molar-refractivity contribution in [1.29, 1.82) is 0 Å². The van der Waals surface area contributed by atoms with Crippen LogP contribution in [0.1, 0.15) is 16.1 Å². The first-order chi connectivity index (χ1) is 12.4. The number of aromatic carboxylic acids is 1. The van der Waals surface area contributed by atoms with E-state index in [4.69, 9.17) is 5.11 Å². The van der Waals surface area contributed by atoms with Gasteiger partial charge in [-0.15, -0.1) is 0 Å². The first-order valence-corrected chi connectivity index (χ1v) is 9.98. The third-order valence-corrected chi connectivity index (χ3v) is 6.59. The summed E-state index contributed by atoms with van der Waals surface area (Å²) in [6.45, 7) is 3.06. The van der Waals surface area contributed by atoms with E-state index in [1.807, 2.05) is 18.2 Å². The molecule has 1 fully saturated rings.